The summed E-state index contributed by atoms with van der Waals surface area (Å²) in [6, 6.07) is 11.9. The number of likely N-dealkylation sites (N-methyl/N-ethyl adjacent to an activating group) is 1. The summed E-state index contributed by atoms with van der Waals surface area (Å²) in [7, 11) is 5.22. The number of carbonyl (C=O) groups is 2. The van der Waals surface area contributed by atoms with Gasteiger partial charge in [0, 0.05) is 23.7 Å². The summed E-state index contributed by atoms with van der Waals surface area (Å²) in [5.41, 5.74) is 1.67. The maximum atomic E-state index is 13.2. The number of fused-ring (bicyclic) bond motifs is 1. The Balaban J connectivity index is 0.00000300. The van der Waals surface area contributed by atoms with Crippen LogP contribution in [0.5, 0.6) is 0 Å². The lowest BCUT2D eigenvalue weighted by Gasteiger charge is -2.22. The molecule has 9 heteroatoms. The number of hydrogen-bond acceptors (Lipinski definition) is 6. The molecule has 0 aliphatic carbocycles. The lowest BCUT2D eigenvalue weighted by molar-refractivity contribution is 0.0600. The number of hydrogen-bond donors (Lipinski definition) is 0. The number of benzene rings is 2. The molecule has 3 aromatic rings. The molecule has 0 N–H and O–H groups in total. The molecular formula is C20H21Cl2N3O3S. The molecule has 0 radical (unpaired) electrons. The van der Waals surface area contributed by atoms with Crippen molar-refractivity contribution >= 4 is 62.6 Å². The standard InChI is InChI=1S/C20H20ClN3O3S.ClH/c1-23(2)10-11-24(20-22-16-9-8-15(21)12-17(16)28-20)18(25)13-4-6-14(7-5-13)19(26)27-3;/h4-9,12H,10-11H2,1-3H3;1H. The van der Waals surface area contributed by atoms with E-state index in [0.29, 0.717) is 34.4 Å². The second-order valence-electron chi connectivity index (χ2n) is 6.44. The molecule has 0 bridgehead atoms. The summed E-state index contributed by atoms with van der Waals surface area (Å²) in [4.78, 5) is 33.1. The van der Waals surface area contributed by atoms with Gasteiger partial charge >= 0.3 is 5.97 Å². The number of esters is 1. The van der Waals surface area contributed by atoms with Gasteiger partial charge in [0.2, 0.25) is 0 Å². The van der Waals surface area contributed by atoms with Crippen molar-refractivity contribution in [3.63, 3.8) is 0 Å². The van der Waals surface area contributed by atoms with Gasteiger partial charge in [0.1, 0.15) is 0 Å². The van der Waals surface area contributed by atoms with Crippen molar-refractivity contribution in [1.29, 1.82) is 0 Å². The second-order valence-corrected chi connectivity index (χ2v) is 7.88. The van der Waals surface area contributed by atoms with E-state index in [4.69, 9.17) is 16.3 Å². The molecule has 2 aromatic carbocycles. The van der Waals surface area contributed by atoms with Gasteiger partial charge in [-0.25, -0.2) is 9.78 Å². The number of nitrogens with zero attached hydrogens (tertiary/aromatic N) is 3. The fourth-order valence-electron chi connectivity index (χ4n) is 2.61. The molecule has 1 aromatic heterocycles. The zero-order chi connectivity index (χ0) is 20.3. The summed E-state index contributed by atoms with van der Waals surface area (Å²) in [5, 5.41) is 1.24. The largest absolute Gasteiger partial charge is 0.465 e. The van der Waals surface area contributed by atoms with Crippen molar-refractivity contribution in [2.75, 3.05) is 39.2 Å². The monoisotopic (exact) mass is 453 g/mol. The van der Waals surface area contributed by atoms with Crippen LogP contribution in [0.4, 0.5) is 5.13 Å². The number of ether oxygens (including phenoxy) is 1. The highest BCUT2D eigenvalue weighted by atomic mass is 35.5. The van der Waals surface area contributed by atoms with E-state index in [0.717, 1.165) is 10.2 Å². The highest BCUT2D eigenvalue weighted by molar-refractivity contribution is 7.22. The first-order valence-electron chi connectivity index (χ1n) is 8.60. The van der Waals surface area contributed by atoms with E-state index in [1.165, 1.54) is 18.4 Å². The third-order valence-electron chi connectivity index (χ3n) is 4.14. The number of methoxy groups -OCH3 is 1. The molecule has 0 aliphatic rings. The van der Waals surface area contributed by atoms with Crippen molar-refractivity contribution < 1.29 is 14.3 Å². The Labute approximate surface area is 184 Å². The third-order valence-corrected chi connectivity index (χ3v) is 5.42. The number of amides is 1. The molecule has 0 spiro atoms. The van der Waals surface area contributed by atoms with Gasteiger partial charge in [0.15, 0.2) is 5.13 Å². The molecule has 0 aliphatic heterocycles. The maximum Gasteiger partial charge on any atom is 0.337 e. The Morgan fingerprint density at radius 3 is 2.34 bits per heavy atom. The van der Waals surface area contributed by atoms with Crippen LogP contribution in [0.15, 0.2) is 42.5 Å². The number of carbonyl (C=O) groups excluding carboxylic acids is 2. The van der Waals surface area contributed by atoms with Gasteiger partial charge in [0.05, 0.1) is 22.9 Å². The summed E-state index contributed by atoms with van der Waals surface area (Å²) in [6.45, 7) is 1.17. The molecule has 0 saturated heterocycles. The van der Waals surface area contributed by atoms with E-state index < -0.39 is 5.97 Å². The number of aromatic nitrogens is 1. The third kappa shape index (κ3) is 5.45. The summed E-state index contributed by atoms with van der Waals surface area (Å²) in [5.74, 6) is -0.616. The Morgan fingerprint density at radius 2 is 1.72 bits per heavy atom. The van der Waals surface area contributed by atoms with E-state index in [-0.39, 0.29) is 18.3 Å². The van der Waals surface area contributed by atoms with Crippen LogP contribution in [-0.4, -0.2) is 56.1 Å². The van der Waals surface area contributed by atoms with Crippen molar-refractivity contribution in [3.8, 4) is 0 Å². The molecular weight excluding hydrogens is 433 g/mol. The molecule has 29 heavy (non-hydrogen) atoms. The van der Waals surface area contributed by atoms with Crippen LogP contribution < -0.4 is 4.90 Å². The van der Waals surface area contributed by atoms with Gasteiger partial charge in [-0.2, -0.15) is 0 Å². The minimum absolute atomic E-state index is 0. The fourth-order valence-corrected chi connectivity index (χ4v) is 3.87. The van der Waals surface area contributed by atoms with Crippen LogP contribution in [0, 0.1) is 0 Å². The average molecular weight is 454 g/mol. The van der Waals surface area contributed by atoms with Gasteiger partial charge in [0.25, 0.3) is 5.91 Å². The number of halogens is 2. The highest BCUT2D eigenvalue weighted by Crippen LogP contribution is 2.31. The predicted molar refractivity (Wildman–Crippen MR) is 120 cm³/mol. The first-order valence-corrected chi connectivity index (χ1v) is 9.79. The van der Waals surface area contributed by atoms with Crippen molar-refractivity contribution in [1.82, 2.24) is 9.88 Å². The Bertz CT molecular complexity index is 1010. The molecule has 6 nitrogen and oxygen atoms in total. The van der Waals surface area contributed by atoms with Crippen molar-refractivity contribution in [2.24, 2.45) is 0 Å². The van der Waals surface area contributed by atoms with Crippen LogP contribution in [0.1, 0.15) is 20.7 Å². The molecule has 0 fully saturated rings. The SMILES string of the molecule is COC(=O)c1ccc(C(=O)N(CCN(C)C)c2nc3ccc(Cl)cc3s2)cc1.Cl. The molecule has 1 heterocycles. The maximum absolute atomic E-state index is 13.2. The molecule has 1 amide bonds. The summed E-state index contributed by atoms with van der Waals surface area (Å²) in [6.07, 6.45) is 0. The van der Waals surface area contributed by atoms with E-state index in [2.05, 4.69) is 4.98 Å². The first-order chi connectivity index (χ1) is 13.4. The van der Waals surface area contributed by atoms with Gasteiger partial charge < -0.3 is 9.64 Å². The van der Waals surface area contributed by atoms with Crippen molar-refractivity contribution in [2.45, 2.75) is 0 Å². The zero-order valence-electron chi connectivity index (χ0n) is 16.2. The predicted octanol–water partition coefficient (Wildman–Crippen LogP) is 4.37. The zero-order valence-corrected chi connectivity index (χ0v) is 18.6. The molecule has 0 saturated carbocycles. The van der Waals surface area contributed by atoms with Crippen LogP contribution in [-0.2, 0) is 4.74 Å². The lowest BCUT2D eigenvalue weighted by Crippen LogP contribution is -2.36. The van der Waals surface area contributed by atoms with Crippen molar-refractivity contribution in [3.05, 3.63) is 58.6 Å². The first kappa shape index (κ1) is 23.1. The Kier molecular flexibility index (Phi) is 7.98. The van der Waals surface area contributed by atoms with Crippen LogP contribution in [0.2, 0.25) is 5.02 Å². The van der Waals surface area contributed by atoms with Gasteiger partial charge in [-0.1, -0.05) is 22.9 Å². The van der Waals surface area contributed by atoms with Crippen LogP contribution >= 0.6 is 35.3 Å². The average Bonchev–Trinajstić information content (AvgIpc) is 3.10. The Hall–Kier alpha value is -2.19. The molecule has 0 unspecified atom stereocenters. The number of rotatable bonds is 6. The van der Waals surface area contributed by atoms with E-state index in [9.17, 15) is 9.59 Å². The van der Waals surface area contributed by atoms with Gasteiger partial charge in [-0.05, 0) is 56.6 Å². The van der Waals surface area contributed by atoms with Gasteiger partial charge in [-0.3, -0.25) is 9.69 Å². The van der Waals surface area contributed by atoms with E-state index in [1.54, 1.807) is 35.2 Å². The van der Waals surface area contributed by atoms with E-state index >= 15 is 0 Å². The normalized spacial score (nSPS) is 10.7. The lowest BCUT2D eigenvalue weighted by atomic mass is 10.1. The quantitative estimate of drug-likeness (QED) is 0.518. The van der Waals surface area contributed by atoms with E-state index in [1.807, 2.05) is 31.1 Å². The minimum atomic E-state index is -0.438. The topological polar surface area (TPSA) is 62.7 Å². The molecule has 154 valence electrons. The fraction of sp³-hybridized carbons (Fsp3) is 0.250. The van der Waals surface area contributed by atoms with Gasteiger partial charge in [-0.15, -0.1) is 12.4 Å². The number of anilines is 1. The van der Waals surface area contributed by atoms with Crippen LogP contribution in [0.3, 0.4) is 0 Å². The van der Waals surface area contributed by atoms with Crippen LogP contribution in [0.25, 0.3) is 10.2 Å². The second kappa shape index (κ2) is 10.0. The molecule has 0 atom stereocenters. The summed E-state index contributed by atoms with van der Waals surface area (Å²) >= 11 is 7.50. The molecule has 3 rings (SSSR count). The highest BCUT2D eigenvalue weighted by Gasteiger charge is 2.22. The number of thiazole rings is 1. The summed E-state index contributed by atoms with van der Waals surface area (Å²) < 4.78 is 5.63. The smallest absolute Gasteiger partial charge is 0.337 e. The minimum Gasteiger partial charge on any atom is -0.465 e. The Morgan fingerprint density at radius 1 is 1.07 bits per heavy atom.